The highest BCUT2D eigenvalue weighted by atomic mass is 16.1. The van der Waals surface area contributed by atoms with Gasteiger partial charge in [0.15, 0.2) is 0 Å². The summed E-state index contributed by atoms with van der Waals surface area (Å²) in [6, 6.07) is 18.5. The van der Waals surface area contributed by atoms with E-state index in [0.717, 1.165) is 63.5 Å². The lowest BCUT2D eigenvalue weighted by atomic mass is 10.0. The van der Waals surface area contributed by atoms with Gasteiger partial charge in [-0.25, -0.2) is 0 Å². The van der Waals surface area contributed by atoms with Crippen molar-refractivity contribution in [3.8, 4) is 0 Å². The lowest BCUT2D eigenvalue weighted by Crippen LogP contribution is -2.47. The number of amides is 1. The molecule has 1 amide bonds. The molecule has 1 atom stereocenters. The first kappa shape index (κ1) is 21.0. The van der Waals surface area contributed by atoms with Crippen LogP contribution < -0.4 is 5.32 Å². The van der Waals surface area contributed by atoms with Crippen molar-refractivity contribution in [1.82, 2.24) is 20.0 Å². The van der Waals surface area contributed by atoms with Crippen LogP contribution in [0.2, 0.25) is 0 Å². The van der Waals surface area contributed by atoms with E-state index in [4.69, 9.17) is 0 Å². The zero-order chi connectivity index (χ0) is 20.8. The van der Waals surface area contributed by atoms with Gasteiger partial charge in [-0.3, -0.25) is 14.6 Å². The number of hydrogen-bond donors (Lipinski definition) is 1. The quantitative estimate of drug-likeness (QED) is 0.767. The molecule has 2 aromatic carbocycles. The van der Waals surface area contributed by atoms with E-state index in [-0.39, 0.29) is 11.9 Å². The largest absolute Gasteiger partial charge is 0.344 e. The zero-order valence-corrected chi connectivity index (χ0v) is 18.1. The van der Waals surface area contributed by atoms with Crippen molar-refractivity contribution in [2.75, 3.05) is 52.9 Å². The summed E-state index contributed by atoms with van der Waals surface area (Å²) < 4.78 is 0. The van der Waals surface area contributed by atoms with Gasteiger partial charge in [0.1, 0.15) is 0 Å². The van der Waals surface area contributed by atoms with E-state index in [0.29, 0.717) is 0 Å². The van der Waals surface area contributed by atoms with Gasteiger partial charge >= 0.3 is 0 Å². The number of nitrogens with one attached hydrogen (secondary N) is 1. The number of likely N-dealkylation sites (N-methyl/N-ethyl adjacent to an activating group) is 1. The highest BCUT2D eigenvalue weighted by Gasteiger charge is 2.22. The van der Waals surface area contributed by atoms with Crippen LogP contribution in [0.25, 0.3) is 0 Å². The fourth-order valence-corrected chi connectivity index (χ4v) is 4.46. The van der Waals surface area contributed by atoms with Gasteiger partial charge in [-0.2, -0.15) is 0 Å². The average molecular weight is 407 g/mol. The van der Waals surface area contributed by atoms with Crippen molar-refractivity contribution in [2.45, 2.75) is 25.4 Å². The molecule has 30 heavy (non-hydrogen) atoms. The molecule has 160 valence electrons. The maximum atomic E-state index is 13.2. The Hall–Kier alpha value is -2.21. The van der Waals surface area contributed by atoms with Crippen molar-refractivity contribution in [1.29, 1.82) is 0 Å². The first-order valence-corrected chi connectivity index (χ1v) is 11.3. The maximum Gasteiger partial charge on any atom is 0.251 e. The van der Waals surface area contributed by atoms with Gasteiger partial charge in [-0.1, -0.05) is 42.5 Å². The first-order chi connectivity index (χ1) is 14.7. The molecule has 0 bridgehead atoms. The molecule has 2 aromatic rings. The summed E-state index contributed by atoms with van der Waals surface area (Å²) >= 11 is 0. The second-order valence-electron chi connectivity index (χ2n) is 8.72. The van der Waals surface area contributed by atoms with Gasteiger partial charge in [0.05, 0.1) is 6.04 Å². The standard InChI is InChI=1S/C25H34N4O/c1-27-14-16-29(17-15-27)20-24(22-9-3-2-4-10-22)26-25(30)23-11-7-8-21(18-23)19-28-12-5-6-13-28/h2-4,7-11,18,24H,5-6,12-17,19-20H2,1H3,(H,26,30). The third kappa shape index (κ3) is 5.69. The van der Waals surface area contributed by atoms with Crippen molar-refractivity contribution in [2.24, 2.45) is 0 Å². The predicted molar refractivity (Wildman–Crippen MR) is 122 cm³/mol. The molecule has 0 aliphatic carbocycles. The lowest BCUT2D eigenvalue weighted by Gasteiger charge is -2.35. The van der Waals surface area contributed by atoms with Crippen LogP contribution in [0.15, 0.2) is 54.6 Å². The van der Waals surface area contributed by atoms with E-state index in [9.17, 15) is 4.79 Å². The molecule has 5 heteroatoms. The number of piperazine rings is 1. The van der Waals surface area contributed by atoms with Crippen LogP contribution in [0.1, 0.15) is 40.4 Å². The number of carbonyl (C=O) groups is 1. The van der Waals surface area contributed by atoms with Crippen LogP contribution in [0.3, 0.4) is 0 Å². The van der Waals surface area contributed by atoms with Crippen molar-refractivity contribution in [3.63, 3.8) is 0 Å². The molecule has 0 aromatic heterocycles. The van der Waals surface area contributed by atoms with Gasteiger partial charge in [-0.15, -0.1) is 0 Å². The Kier molecular flexibility index (Phi) is 7.16. The highest BCUT2D eigenvalue weighted by Crippen LogP contribution is 2.18. The molecule has 0 radical (unpaired) electrons. The number of rotatable bonds is 7. The summed E-state index contributed by atoms with van der Waals surface area (Å²) in [5.41, 5.74) is 3.14. The minimum atomic E-state index is -0.00987. The zero-order valence-electron chi connectivity index (χ0n) is 18.1. The van der Waals surface area contributed by atoms with Gasteiger partial charge in [0, 0.05) is 44.8 Å². The fraction of sp³-hybridized carbons (Fsp3) is 0.480. The summed E-state index contributed by atoms with van der Waals surface area (Å²) in [4.78, 5) is 20.4. The summed E-state index contributed by atoms with van der Waals surface area (Å²) in [7, 11) is 2.17. The van der Waals surface area contributed by atoms with Crippen LogP contribution in [0.5, 0.6) is 0 Å². The Morgan fingerprint density at radius 1 is 0.900 bits per heavy atom. The van der Waals surface area contributed by atoms with Crippen molar-refractivity contribution < 1.29 is 4.79 Å². The molecule has 1 N–H and O–H groups in total. The molecule has 1 unspecified atom stereocenters. The van der Waals surface area contributed by atoms with Crippen LogP contribution in [-0.4, -0.2) is 73.5 Å². The highest BCUT2D eigenvalue weighted by molar-refractivity contribution is 5.94. The summed E-state index contributed by atoms with van der Waals surface area (Å²) in [6.07, 6.45) is 2.57. The van der Waals surface area contributed by atoms with E-state index < -0.39 is 0 Å². The third-order valence-electron chi connectivity index (χ3n) is 6.34. The Morgan fingerprint density at radius 2 is 1.63 bits per heavy atom. The number of carbonyl (C=O) groups excluding carboxylic acids is 1. The molecule has 0 spiro atoms. The smallest absolute Gasteiger partial charge is 0.251 e. The lowest BCUT2D eigenvalue weighted by molar-refractivity contribution is 0.0907. The molecular weight excluding hydrogens is 372 g/mol. The first-order valence-electron chi connectivity index (χ1n) is 11.3. The molecule has 4 rings (SSSR count). The Bertz CT molecular complexity index is 811. The summed E-state index contributed by atoms with van der Waals surface area (Å²) in [5, 5.41) is 3.32. The number of likely N-dealkylation sites (tertiary alicyclic amines) is 1. The predicted octanol–water partition coefficient (Wildman–Crippen LogP) is 3.00. The average Bonchev–Trinajstić information content (AvgIpc) is 3.28. The SMILES string of the molecule is CN1CCN(CC(NC(=O)c2cccc(CN3CCCC3)c2)c2ccccc2)CC1. The third-order valence-corrected chi connectivity index (χ3v) is 6.34. The van der Waals surface area contributed by atoms with E-state index >= 15 is 0 Å². The van der Waals surface area contributed by atoms with Gasteiger partial charge < -0.3 is 10.2 Å². The molecule has 0 saturated carbocycles. The molecule has 5 nitrogen and oxygen atoms in total. The number of benzene rings is 2. The molecule has 2 aliphatic heterocycles. The van der Waals surface area contributed by atoms with Crippen LogP contribution >= 0.6 is 0 Å². The minimum absolute atomic E-state index is 0.00987. The van der Waals surface area contributed by atoms with Crippen LogP contribution in [-0.2, 0) is 6.54 Å². The summed E-state index contributed by atoms with van der Waals surface area (Å²) in [5.74, 6) is 0.0150. The van der Waals surface area contributed by atoms with E-state index in [2.05, 4.69) is 63.5 Å². The van der Waals surface area contributed by atoms with Crippen LogP contribution in [0, 0.1) is 0 Å². The molecule has 2 aliphatic rings. The topological polar surface area (TPSA) is 38.8 Å². The number of nitrogens with zero attached hydrogens (tertiary/aromatic N) is 3. The van der Waals surface area contributed by atoms with Gasteiger partial charge in [0.25, 0.3) is 5.91 Å². The van der Waals surface area contributed by atoms with E-state index in [1.165, 1.54) is 18.4 Å². The van der Waals surface area contributed by atoms with Crippen molar-refractivity contribution >= 4 is 5.91 Å². The van der Waals surface area contributed by atoms with E-state index in [1.54, 1.807) is 0 Å². The van der Waals surface area contributed by atoms with Crippen molar-refractivity contribution in [3.05, 3.63) is 71.3 Å². The second kappa shape index (κ2) is 10.2. The second-order valence-corrected chi connectivity index (χ2v) is 8.72. The number of hydrogen-bond acceptors (Lipinski definition) is 4. The minimum Gasteiger partial charge on any atom is -0.344 e. The maximum absolute atomic E-state index is 13.2. The normalized spacial score (nSPS) is 19.6. The molecule has 2 fully saturated rings. The summed E-state index contributed by atoms with van der Waals surface area (Å²) in [6.45, 7) is 8.35. The fourth-order valence-electron chi connectivity index (χ4n) is 4.46. The monoisotopic (exact) mass is 406 g/mol. The Balaban J connectivity index is 1.44. The Morgan fingerprint density at radius 3 is 2.37 bits per heavy atom. The van der Waals surface area contributed by atoms with Crippen LogP contribution in [0.4, 0.5) is 0 Å². The Labute approximate surface area is 180 Å². The van der Waals surface area contributed by atoms with Gasteiger partial charge in [0.2, 0.25) is 0 Å². The van der Waals surface area contributed by atoms with Gasteiger partial charge in [-0.05, 0) is 56.2 Å². The molecule has 2 saturated heterocycles. The molecular formula is C25H34N4O. The molecule has 2 heterocycles. The van der Waals surface area contributed by atoms with E-state index in [1.807, 2.05) is 18.2 Å².